The fourth-order valence-electron chi connectivity index (χ4n) is 2.64. The van der Waals surface area contributed by atoms with Crippen LogP contribution < -0.4 is 0 Å². The molecule has 0 radical (unpaired) electrons. The van der Waals surface area contributed by atoms with Gasteiger partial charge in [0.1, 0.15) is 0 Å². The van der Waals surface area contributed by atoms with Crippen molar-refractivity contribution < 1.29 is 5.11 Å². The average molecular weight is 183 g/mol. The second-order valence-corrected chi connectivity index (χ2v) is 4.54. The minimum Gasteiger partial charge on any atom is -0.395 e. The molecule has 0 spiro atoms. The molecule has 1 atom stereocenters. The van der Waals surface area contributed by atoms with E-state index in [1.165, 1.54) is 51.6 Å². The van der Waals surface area contributed by atoms with Crippen molar-refractivity contribution in [3.05, 3.63) is 0 Å². The summed E-state index contributed by atoms with van der Waals surface area (Å²) >= 11 is 0. The molecule has 2 nitrogen and oxygen atoms in total. The summed E-state index contributed by atoms with van der Waals surface area (Å²) in [6.45, 7) is 2.83. The van der Waals surface area contributed by atoms with E-state index in [0.717, 1.165) is 5.92 Å². The quantitative estimate of drug-likeness (QED) is 0.719. The Balaban J connectivity index is 1.86. The SMILES string of the molecule is OCC(C1CCC1)N1CCCCC1. The van der Waals surface area contributed by atoms with Gasteiger partial charge in [0, 0.05) is 6.04 Å². The fourth-order valence-corrected chi connectivity index (χ4v) is 2.64. The molecule has 1 heterocycles. The Hall–Kier alpha value is -0.0800. The maximum absolute atomic E-state index is 9.37. The van der Waals surface area contributed by atoms with Gasteiger partial charge in [-0.3, -0.25) is 4.90 Å². The predicted octanol–water partition coefficient (Wildman–Crippen LogP) is 1.63. The number of hydrogen-bond donors (Lipinski definition) is 1. The minimum atomic E-state index is 0.380. The molecular weight excluding hydrogens is 162 g/mol. The molecule has 0 aromatic carbocycles. The average Bonchev–Trinajstić information content (AvgIpc) is 2.12. The van der Waals surface area contributed by atoms with Gasteiger partial charge in [-0.25, -0.2) is 0 Å². The van der Waals surface area contributed by atoms with Gasteiger partial charge in [-0.15, -0.1) is 0 Å². The second kappa shape index (κ2) is 4.43. The number of piperidine rings is 1. The molecular formula is C11H21NO. The van der Waals surface area contributed by atoms with Crippen LogP contribution in [0, 0.1) is 5.92 Å². The van der Waals surface area contributed by atoms with Gasteiger partial charge in [-0.05, 0) is 44.7 Å². The van der Waals surface area contributed by atoms with Gasteiger partial charge in [0.15, 0.2) is 0 Å². The largest absolute Gasteiger partial charge is 0.395 e. The summed E-state index contributed by atoms with van der Waals surface area (Å²) in [5, 5.41) is 9.37. The first-order valence-electron chi connectivity index (χ1n) is 5.76. The summed E-state index contributed by atoms with van der Waals surface area (Å²) in [4.78, 5) is 2.52. The molecule has 2 fully saturated rings. The highest BCUT2D eigenvalue weighted by Crippen LogP contribution is 2.33. The first-order chi connectivity index (χ1) is 6.42. The number of hydrogen-bond acceptors (Lipinski definition) is 2. The molecule has 1 saturated heterocycles. The van der Waals surface area contributed by atoms with E-state index in [4.69, 9.17) is 0 Å². The Labute approximate surface area is 80.9 Å². The lowest BCUT2D eigenvalue weighted by Gasteiger charge is -2.41. The summed E-state index contributed by atoms with van der Waals surface area (Å²) in [5.74, 6) is 0.808. The van der Waals surface area contributed by atoms with Crippen LogP contribution in [0.5, 0.6) is 0 Å². The van der Waals surface area contributed by atoms with E-state index >= 15 is 0 Å². The van der Waals surface area contributed by atoms with Gasteiger partial charge >= 0.3 is 0 Å². The molecule has 1 unspecified atom stereocenters. The van der Waals surface area contributed by atoms with E-state index in [1.807, 2.05) is 0 Å². The van der Waals surface area contributed by atoms with E-state index in [0.29, 0.717) is 12.6 Å². The van der Waals surface area contributed by atoms with Crippen LogP contribution in [0.4, 0.5) is 0 Å². The Kier molecular flexibility index (Phi) is 3.23. The lowest BCUT2D eigenvalue weighted by Crippen LogP contribution is -2.47. The van der Waals surface area contributed by atoms with Crippen LogP contribution in [0.15, 0.2) is 0 Å². The van der Waals surface area contributed by atoms with E-state index in [9.17, 15) is 5.11 Å². The molecule has 2 aliphatic rings. The number of rotatable bonds is 3. The Bertz CT molecular complexity index is 150. The number of aliphatic hydroxyl groups excluding tert-OH is 1. The minimum absolute atomic E-state index is 0.380. The van der Waals surface area contributed by atoms with E-state index in [2.05, 4.69) is 4.90 Å². The van der Waals surface area contributed by atoms with Crippen LogP contribution in [0.2, 0.25) is 0 Å². The molecule has 0 amide bonds. The summed E-state index contributed by atoms with van der Waals surface area (Å²) < 4.78 is 0. The molecule has 1 aliphatic heterocycles. The molecule has 2 rings (SSSR count). The van der Waals surface area contributed by atoms with Gasteiger partial charge in [0.05, 0.1) is 6.61 Å². The van der Waals surface area contributed by atoms with Crippen LogP contribution in [0.1, 0.15) is 38.5 Å². The smallest absolute Gasteiger partial charge is 0.0589 e. The molecule has 1 N–H and O–H groups in total. The van der Waals surface area contributed by atoms with E-state index in [1.54, 1.807) is 0 Å². The third-order valence-electron chi connectivity index (χ3n) is 3.74. The highest BCUT2D eigenvalue weighted by molar-refractivity contribution is 4.85. The predicted molar refractivity (Wildman–Crippen MR) is 53.6 cm³/mol. The number of nitrogens with zero attached hydrogens (tertiary/aromatic N) is 1. The topological polar surface area (TPSA) is 23.5 Å². The van der Waals surface area contributed by atoms with Crippen LogP contribution in [-0.2, 0) is 0 Å². The van der Waals surface area contributed by atoms with Crippen molar-refractivity contribution in [2.75, 3.05) is 19.7 Å². The van der Waals surface area contributed by atoms with Gasteiger partial charge in [0.2, 0.25) is 0 Å². The van der Waals surface area contributed by atoms with Gasteiger partial charge in [0.25, 0.3) is 0 Å². The highest BCUT2D eigenvalue weighted by atomic mass is 16.3. The van der Waals surface area contributed by atoms with Gasteiger partial charge < -0.3 is 5.11 Å². The maximum Gasteiger partial charge on any atom is 0.0589 e. The van der Waals surface area contributed by atoms with Gasteiger partial charge in [-0.1, -0.05) is 12.8 Å². The molecule has 1 saturated carbocycles. The normalized spacial score (nSPS) is 28.4. The fraction of sp³-hybridized carbons (Fsp3) is 1.00. The summed E-state index contributed by atoms with van der Waals surface area (Å²) in [7, 11) is 0. The van der Waals surface area contributed by atoms with Crippen molar-refractivity contribution in [1.29, 1.82) is 0 Å². The molecule has 0 aromatic rings. The van der Waals surface area contributed by atoms with Crippen molar-refractivity contribution in [3.8, 4) is 0 Å². The Morgan fingerprint density at radius 2 is 1.77 bits per heavy atom. The standard InChI is InChI=1S/C11H21NO/c13-9-11(10-5-4-6-10)12-7-2-1-3-8-12/h10-11,13H,1-9H2. The van der Waals surface area contributed by atoms with Crippen molar-refractivity contribution in [3.63, 3.8) is 0 Å². The van der Waals surface area contributed by atoms with Crippen LogP contribution >= 0.6 is 0 Å². The van der Waals surface area contributed by atoms with Crippen LogP contribution in [-0.4, -0.2) is 35.7 Å². The van der Waals surface area contributed by atoms with Gasteiger partial charge in [-0.2, -0.15) is 0 Å². The molecule has 1 aliphatic carbocycles. The third-order valence-corrected chi connectivity index (χ3v) is 3.74. The first-order valence-corrected chi connectivity index (χ1v) is 5.76. The maximum atomic E-state index is 9.37. The molecule has 0 aromatic heterocycles. The summed E-state index contributed by atoms with van der Waals surface area (Å²) in [5.41, 5.74) is 0. The third kappa shape index (κ3) is 2.05. The summed E-state index contributed by atoms with van der Waals surface area (Å²) in [6, 6.07) is 0.494. The van der Waals surface area contributed by atoms with Crippen molar-refractivity contribution in [2.24, 2.45) is 5.92 Å². The van der Waals surface area contributed by atoms with E-state index < -0.39 is 0 Å². The lowest BCUT2D eigenvalue weighted by molar-refractivity contribution is 0.0366. The molecule has 13 heavy (non-hydrogen) atoms. The first kappa shape index (κ1) is 9.47. The molecule has 2 heteroatoms. The monoisotopic (exact) mass is 183 g/mol. The molecule has 76 valence electrons. The van der Waals surface area contributed by atoms with Crippen LogP contribution in [0.3, 0.4) is 0 Å². The summed E-state index contributed by atoms with van der Waals surface area (Å²) in [6.07, 6.45) is 8.14. The Morgan fingerprint density at radius 1 is 1.08 bits per heavy atom. The molecule has 0 bridgehead atoms. The zero-order valence-corrected chi connectivity index (χ0v) is 8.41. The van der Waals surface area contributed by atoms with Crippen molar-refractivity contribution >= 4 is 0 Å². The Morgan fingerprint density at radius 3 is 2.23 bits per heavy atom. The van der Waals surface area contributed by atoms with Crippen molar-refractivity contribution in [1.82, 2.24) is 4.90 Å². The highest BCUT2D eigenvalue weighted by Gasteiger charge is 2.31. The second-order valence-electron chi connectivity index (χ2n) is 4.54. The zero-order chi connectivity index (χ0) is 9.10. The van der Waals surface area contributed by atoms with Crippen LogP contribution in [0.25, 0.3) is 0 Å². The van der Waals surface area contributed by atoms with E-state index in [-0.39, 0.29) is 0 Å². The lowest BCUT2D eigenvalue weighted by atomic mass is 9.79. The number of aliphatic hydroxyl groups is 1. The number of likely N-dealkylation sites (tertiary alicyclic amines) is 1. The van der Waals surface area contributed by atoms with Crippen molar-refractivity contribution in [2.45, 2.75) is 44.6 Å². The zero-order valence-electron chi connectivity index (χ0n) is 8.41.